The first-order valence-electron chi connectivity index (χ1n) is 3.19. The molecule has 0 saturated heterocycles. The van der Waals surface area contributed by atoms with Crippen molar-refractivity contribution in [3.63, 3.8) is 0 Å². The Labute approximate surface area is 77.7 Å². The molecular weight excluding hydrogens is 224 g/mol. The molecule has 2 amide bonds. The van der Waals surface area contributed by atoms with Crippen molar-refractivity contribution in [2.24, 2.45) is 0 Å². The first-order chi connectivity index (χ1) is 5.74. The zero-order chi connectivity index (χ0) is 8.97. The lowest BCUT2D eigenvalue weighted by Crippen LogP contribution is -2.25. The van der Waals surface area contributed by atoms with Gasteiger partial charge in [-0.1, -0.05) is 12.1 Å². The largest absolute Gasteiger partial charge is 0.342 e. The van der Waals surface area contributed by atoms with Gasteiger partial charge in [0.25, 0.3) is 0 Å². The predicted octanol–water partition coefficient (Wildman–Crippen LogP) is 1.96. The fraction of sp³-hybridized carbons (Fsp3) is 0. The van der Waals surface area contributed by atoms with E-state index in [0.29, 0.717) is 5.69 Å². The molecule has 0 aliphatic heterocycles. The highest BCUT2D eigenvalue weighted by Gasteiger charge is 2.01. The summed E-state index contributed by atoms with van der Waals surface area (Å²) in [6.07, 6.45) is 0. The summed E-state index contributed by atoms with van der Waals surface area (Å²) in [6.45, 7) is 0. The van der Waals surface area contributed by atoms with Crippen LogP contribution < -0.4 is 10.8 Å². The van der Waals surface area contributed by atoms with E-state index in [-0.39, 0.29) is 0 Å². The number of hydrogen-bond donors (Lipinski definition) is 3. The van der Waals surface area contributed by atoms with Crippen LogP contribution in [0.15, 0.2) is 28.7 Å². The molecule has 0 aromatic heterocycles. The van der Waals surface area contributed by atoms with E-state index in [4.69, 9.17) is 5.21 Å². The molecule has 0 atom stereocenters. The topological polar surface area (TPSA) is 61.4 Å². The number of anilines is 1. The number of urea groups is 1. The molecule has 0 bridgehead atoms. The number of amides is 2. The van der Waals surface area contributed by atoms with Gasteiger partial charge in [-0.15, -0.1) is 0 Å². The standard InChI is InChI=1S/C7H7BrN2O2/c8-5-3-1-2-4-6(5)9-7(11)10-12/h1-4,12H,(H2,9,10,11). The Balaban J connectivity index is 2.75. The predicted molar refractivity (Wildman–Crippen MR) is 48.1 cm³/mol. The Bertz CT molecular complexity index is 290. The van der Waals surface area contributed by atoms with Crippen LogP contribution in [0.5, 0.6) is 0 Å². The SMILES string of the molecule is O=C(NO)Nc1ccccc1Br. The molecule has 1 aromatic carbocycles. The van der Waals surface area contributed by atoms with E-state index in [1.807, 2.05) is 6.07 Å². The first kappa shape index (κ1) is 9.02. The molecule has 1 rings (SSSR count). The van der Waals surface area contributed by atoms with E-state index in [9.17, 15) is 4.79 Å². The van der Waals surface area contributed by atoms with Crippen LogP contribution in [-0.4, -0.2) is 11.2 Å². The van der Waals surface area contributed by atoms with Crippen molar-refractivity contribution in [1.29, 1.82) is 0 Å². The molecule has 0 heterocycles. The van der Waals surface area contributed by atoms with Gasteiger partial charge in [0.15, 0.2) is 0 Å². The molecule has 0 saturated carbocycles. The molecule has 0 aliphatic rings. The number of para-hydroxylation sites is 1. The normalized spacial score (nSPS) is 9.17. The number of rotatable bonds is 1. The van der Waals surface area contributed by atoms with Crippen LogP contribution in [0, 0.1) is 0 Å². The van der Waals surface area contributed by atoms with Crippen LogP contribution in [0.4, 0.5) is 10.5 Å². The molecule has 64 valence electrons. The third-order valence-corrected chi connectivity index (χ3v) is 1.92. The van der Waals surface area contributed by atoms with Gasteiger partial charge in [-0.2, -0.15) is 0 Å². The van der Waals surface area contributed by atoms with Crippen molar-refractivity contribution in [3.05, 3.63) is 28.7 Å². The number of halogens is 1. The summed E-state index contributed by atoms with van der Waals surface area (Å²) < 4.78 is 0.758. The highest BCUT2D eigenvalue weighted by atomic mass is 79.9. The molecule has 1 aromatic rings. The van der Waals surface area contributed by atoms with Crippen molar-refractivity contribution in [3.8, 4) is 0 Å². The van der Waals surface area contributed by atoms with Gasteiger partial charge >= 0.3 is 6.03 Å². The van der Waals surface area contributed by atoms with E-state index < -0.39 is 6.03 Å². The Morgan fingerprint density at radius 1 is 1.42 bits per heavy atom. The summed E-state index contributed by atoms with van der Waals surface area (Å²) in [5.41, 5.74) is 2.07. The molecule has 0 unspecified atom stereocenters. The monoisotopic (exact) mass is 230 g/mol. The molecule has 0 spiro atoms. The summed E-state index contributed by atoms with van der Waals surface area (Å²) in [5, 5.41) is 10.6. The van der Waals surface area contributed by atoms with E-state index in [2.05, 4.69) is 21.2 Å². The number of carbonyl (C=O) groups excluding carboxylic acids is 1. The van der Waals surface area contributed by atoms with Crippen LogP contribution in [0.2, 0.25) is 0 Å². The van der Waals surface area contributed by atoms with Crippen LogP contribution in [0.1, 0.15) is 0 Å². The third kappa shape index (κ3) is 2.21. The molecule has 3 N–H and O–H groups in total. The van der Waals surface area contributed by atoms with Gasteiger partial charge in [0, 0.05) is 4.47 Å². The molecule has 12 heavy (non-hydrogen) atoms. The summed E-state index contributed by atoms with van der Waals surface area (Å²) in [5.74, 6) is 0. The minimum absolute atomic E-state index is 0.601. The average Bonchev–Trinajstić information content (AvgIpc) is 2.09. The Kier molecular flexibility index (Phi) is 3.07. The van der Waals surface area contributed by atoms with Gasteiger partial charge in [0.2, 0.25) is 0 Å². The number of carbonyl (C=O) groups is 1. The number of nitrogens with one attached hydrogen (secondary N) is 2. The summed E-state index contributed by atoms with van der Waals surface area (Å²) in [7, 11) is 0. The molecular formula is C7H7BrN2O2. The Morgan fingerprint density at radius 2 is 2.08 bits per heavy atom. The van der Waals surface area contributed by atoms with Crippen LogP contribution in [0.3, 0.4) is 0 Å². The summed E-state index contributed by atoms with van der Waals surface area (Å²) in [6, 6.07) is 6.43. The Hall–Kier alpha value is -1.07. The molecule has 0 aliphatic carbocycles. The minimum atomic E-state index is -0.665. The van der Waals surface area contributed by atoms with Gasteiger partial charge in [-0.05, 0) is 28.1 Å². The highest BCUT2D eigenvalue weighted by molar-refractivity contribution is 9.10. The molecule has 0 fully saturated rings. The highest BCUT2D eigenvalue weighted by Crippen LogP contribution is 2.20. The van der Waals surface area contributed by atoms with Crippen molar-refractivity contribution >= 4 is 27.6 Å². The lowest BCUT2D eigenvalue weighted by atomic mass is 10.3. The second-order valence-corrected chi connectivity index (χ2v) is 2.90. The maximum atomic E-state index is 10.6. The quantitative estimate of drug-likeness (QED) is 0.511. The van der Waals surface area contributed by atoms with Gasteiger partial charge in [-0.3, -0.25) is 5.21 Å². The van der Waals surface area contributed by atoms with Crippen LogP contribution >= 0.6 is 15.9 Å². The van der Waals surface area contributed by atoms with E-state index in [1.165, 1.54) is 5.48 Å². The summed E-state index contributed by atoms with van der Waals surface area (Å²) >= 11 is 3.23. The zero-order valence-corrected chi connectivity index (χ0v) is 7.63. The van der Waals surface area contributed by atoms with E-state index in [1.54, 1.807) is 18.2 Å². The van der Waals surface area contributed by atoms with Gasteiger partial charge < -0.3 is 5.32 Å². The lowest BCUT2D eigenvalue weighted by Gasteiger charge is -2.04. The third-order valence-electron chi connectivity index (χ3n) is 1.22. The van der Waals surface area contributed by atoms with Crippen molar-refractivity contribution in [2.45, 2.75) is 0 Å². The second kappa shape index (κ2) is 4.08. The van der Waals surface area contributed by atoms with E-state index >= 15 is 0 Å². The molecule has 0 radical (unpaired) electrons. The Morgan fingerprint density at radius 3 is 2.67 bits per heavy atom. The average molecular weight is 231 g/mol. The second-order valence-electron chi connectivity index (χ2n) is 2.05. The van der Waals surface area contributed by atoms with Gasteiger partial charge in [0.1, 0.15) is 0 Å². The number of benzene rings is 1. The zero-order valence-electron chi connectivity index (χ0n) is 6.04. The van der Waals surface area contributed by atoms with Crippen molar-refractivity contribution < 1.29 is 10.0 Å². The smallest absolute Gasteiger partial charge is 0.305 e. The first-order valence-corrected chi connectivity index (χ1v) is 3.99. The van der Waals surface area contributed by atoms with Crippen molar-refractivity contribution in [2.75, 3.05) is 5.32 Å². The van der Waals surface area contributed by atoms with Crippen LogP contribution in [0.25, 0.3) is 0 Å². The minimum Gasteiger partial charge on any atom is -0.305 e. The van der Waals surface area contributed by atoms with E-state index in [0.717, 1.165) is 4.47 Å². The summed E-state index contributed by atoms with van der Waals surface area (Å²) in [4.78, 5) is 10.6. The van der Waals surface area contributed by atoms with Crippen LogP contribution in [-0.2, 0) is 0 Å². The maximum Gasteiger partial charge on any atom is 0.342 e. The molecule has 4 nitrogen and oxygen atoms in total. The number of hydrogen-bond acceptors (Lipinski definition) is 2. The fourth-order valence-electron chi connectivity index (χ4n) is 0.713. The van der Waals surface area contributed by atoms with Crippen molar-refractivity contribution in [1.82, 2.24) is 5.48 Å². The van der Waals surface area contributed by atoms with Gasteiger partial charge in [-0.25, -0.2) is 10.3 Å². The fourth-order valence-corrected chi connectivity index (χ4v) is 1.10. The van der Waals surface area contributed by atoms with Gasteiger partial charge in [0.05, 0.1) is 5.69 Å². The lowest BCUT2D eigenvalue weighted by molar-refractivity contribution is 0.172. The molecule has 5 heteroatoms. The maximum absolute atomic E-state index is 10.6. The number of hydroxylamine groups is 1.